The second kappa shape index (κ2) is 6.32. The Bertz CT molecular complexity index is 493. The largest absolute Gasteiger partial charge is 0.341 e. The Kier molecular flexibility index (Phi) is 4.50. The fraction of sp³-hybridized carbons (Fsp3) is 0.375. The first-order valence-corrected chi connectivity index (χ1v) is 6.76. The van der Waals surface area contributed by atoms with E-state index in [2.05, 4.69) is 59.2 Å². The Balaban J connectivity index is 2.11. The molecule has 1 atom stereocenters. The van der Waals surface area contributed by atoms with Gasteiger partial charge in [0.25, 0.3) is 0 Å². The summed E-state index contributed by atoms with van der Waals surface area (Å²) in [4.78, 5) is 11.0. The molecular formula is C16H21N3. The number of hydrogen-bond acceptors (Lipinski definition) is 3. The second-order valence-electron chi connectivity index (χ2n) is 4.92. The molecule has 0 aliphatic heterocycles. The molecule has 1 aromatic heterocycles. The van der Waals surface area contributed by atoms with E-state index >= 15 is 0 Å². The van der Waals surface area contributed by atoms with Gasteiger partial charge in [0, 0.05) is 25.5 Å². The monoisotopic (exact) mass is 255 g/mol. The van der Waals surface area contributed by atoms with Crippen molar-refractivity contribution in [3.8, 4) is 0 Å². The van der Waals surface area contributed by atoms with E-state index in [1.54, 1.807) is 0 Å². The Morgan fingerprint density at radius 2 is 1.74 bits per heavy atom. The van der Waals surface area contributed by atoms with Gasteiger partial charge in [-0.2, -0.15) is 0 Å². The van der Waals surface area contributed by atoms with E-state index in [-0.39, 0.29) is 0 Å². The molecule has 3 nitrogen and oxygen atoms in total. The van der Waals surface area contributed by atoms with Crippen molar-refractivity contribution >= 4 is 5.95 Å². The van der Waals surface area contributed by atoms with E-state index in [0.717, 1.165) is 24.4 Å². The van der Waals surface area contributed by atoms with Crippen molar-refractivity contribution in [1.29, 1.82) is 0 Å². The highest BCUT2D eigenvalue weighted by Crippen LogP contribution is 2.15. The SMILES string of the molecule is CCC(Cc1ccccc1)N(C)c1ncc(C)cn1. The minimum Gasteiger partial charge on any atom is -0.341 e. The summed E-state index contributed by atoms with van der Waals surface area (Å²) in [7, 11) is 2.07. The first-order valence-electron chi connectivity index (χ1n) is 6.76. The van der Waals surface area contributed by atoms with Gasteiger partial charge in [-0.05, 0) is 30.9 Å². The zero-order valence-electron chi connectivity index (χ0n) is 11.9. The van der Waals surface area contributed by atoms with Crippen LogP contribution in [0.15, 0.2) is 42.7 Å². The van der Waals surface area contributed by atoms with Crippen molar-refractivity contribution in [2.24, 2.45) is 0 Å². The highest BCUT2D eigenvalue weighted by Gasteiger charge is 2.15. The quantitative estimate of drug-likeness (QED) is 0.821. The number of aryl methyl sites for hydroxylation is 1. The summed E-state index contributed by atoms with van der Waals surface area (Å²) in [6, 6.07) is 11.0. The van der Waals surface area contributed by atoms with Gasteiger partial charge in [-0.15, -0.1) is 0 Å². The van der Waals surface area contributed by atoms with Crippen LogP contribution < -0.4 is 4.90 Å². The first-order chi connectivity index (χ1) is 9.20. The van der Waals surface area contributed by atoms with Crippen LogP contribution in [-0.2, 0) is 6.42 Å². The molecule has 0 saturated heterocycles. The van der Waals surface area contributed by atoms with E-state index < -0.39 is 0 Å². The maximum absolute atomic E-state index is 4.40. The molecule has 0 aliphatic rings. The molecule has 19 heavy (non-hydrogen) atoms. The molecule has 1 heterocycles. The van der Waals surface area contributed by atoms with Gasteiger partial charge in [0.05, 0.1) is 0 Å². The molecule has 0 saturated carbocycles. The van der Waals surface area contributed by atoms with Crippen LogP contribution in [-0.4, -0.2) is 23.1 Å². The third-order valence-electron chi connectivity index (χ3n) is 3.42. The van der Waals surface area contributed by atoms with Crippen molar-refractivity contribution in [3.63, 3.8) is 0 Å². The van der Waals surface area contributed by atoms with Gasteiger partial charge in [-0.1, -0.05) is 37.3 Å². The summed E-state index contributed by atoms with van der Waals surface area (Å²) in [5, 5.41) is 0. The van der Waals surface area contributed by atoms with Gasteiger partial charge >= 0.3 is 0 Å². The highest BCUT2D eigenvalue weighted by atomic mass is 15.2. The molecule has 0 fully saturated rings. The second-order valence-corrected chi connectivity index (χ2v) is 4.92. The molecule has 2 aromatic rings. The summed E-state index contributed by atoms with van der Waals surface area (Å²) >= 11 is 0. The maximum Gasteiger partial charge on any atom is 0.225 e. The number of aromatic nitrogens is 2. The van der Waals surface area contributed by atoms with Crippen LogP contribution in [0.1, 0.15) is 24.5 Å². The molecule has 2 rings (SSSR count). The minimum absolute atomic E-state index is 0.421. The first kappa shape index (κ1) is 13.5. The fourth-order valence-corrected chi connectivity index (χ4v) is 2.17. The molecular weight excluding hydrogens is 234 g/mol. The van der Waals surface area contributed by atoms with Crippen molar-refractivity contribution < 1.29 is 0 Å². The summed E-state index contributed by atoms with van der Waals surface area (Å²) in [6.07, 6.45) is 5.83. The number of likely N-dealkylation sites (N-methyl/N-ethyl adjacent to an activating group) is 1. The topological polar surface area (TPSA) is 29.0 Å². The lowest BCUT2D eigenvalue weighted by molar-refractivity contribution is 0.594. The Morgan fingerprint density at radius 1 is 1.11 bits per heavy atom. The van der Waals surface area contributed by atoms with Crippen molar-refractivity contribution in [2.45, 2.75) is 32.7 Å². The van der Waals surface area contributed by atoms with Crippen molar-refractivity contribution in [3.05, 3.63) is 53.9 Å². The molecule has 1 unspecified atom stereocenters. The Morgan fingerprint density at radius 3 is 2.32 bits per heavy atom. The summed E-state index contributed by atoms with van der Waals surface area (Å²) in [6.45, 7) is 4.21. The molecule has 0 amide bonds. The molecule has 1 aromatic carbocycles. The maximum atomic E-state index is 4.40. The molecule has 0 bridgehead atoms. The molecule has 0 spiro atoms. The van der Waals surface area contributed by atoms with E-state index in [0.29, 0.717) is 6.04 Å². The summed E-state index contributed by atoms with van der Waals surface area (Å²) in [5.74, 6) is 0.799. The fourth-order valence-electron chi connectivity index (χ4n) is 2.17. The molecule has 100 valence electrons. The zero-order chi connectivity index (χ0) is 13.7. The van der Waals surface area contributed by atoms with E-state index in [1.165, 1.54) is 5.56 Å². The van der Waals surface area contributed by atoms with Crippen LogP contribution in [0.3, 0.4) is 0 Å². The van der Waals surface area contributed by atoms with E-state index in [1.807, 2.05) is 19.3 Å². The molecule has 3 heteroatoms. The average molecular weight is 255 g/mol. The average Bonchev–Trinajstić information content (AvgIpc) is 2.46. The number of anilines is 1. The van der Waals surface area contributed by atoms with Gasteiger partial charge < -0.3 is 4.90 Å². The third kappa shape index (κ3) is 3.53. The van der Waals surface area contributed by atoms with Crippen LogP contribution >= 0.6 is 0 Å². The standard InChI is InChI=1S/C16H21N3/c1-4-15(10-14-8-6-5-7-9-14)19(3)16-17-11-13(2)12-18-16/h5-9,11-12,15H,4,10H2,1-3H3. The van der Waals surface area contributed by atoms with Gasteiger partial charge in [0.2, 0.25) is 5.95 Å². The lowest BCUT2D eigenvalue weighted by Gasteiger charge is -2.27. The normalized spacial score (nSPS) is 12.2. The lowest BCUT2D eigenvalue weighted by atomic mass is 10.0. The number of nitrogens with zero attached hydrogens (tertiary/aromatic N) is 3. The Hall–Kier alpha value is -1.90. The van der Waals surface area contributed by atoms with E-state index in [9.17, 15) is 0 Å². The smallest absolute Gasteiger partial charge is 0.225 e. The number of benzene rings is 1. The van der Waals surface area contributed by atoms with Crippen molar-refractivity contribution in [2.75, 3.05) is 11.9 Å². The zero-order valence-corrected chi connectivity index (χ0v) is 11.9. The van der Waals surface area contributed by atoms with Crippen LogP contribution in [0.4, 0.5) is 5.95 Å². The van der Waals surface area contributed by atoms with Gasteiger partial charge in [-0.25, -0.2) is 9.97 Å². The van der Waals surface area contributed by atoms with Crippen LogP contribution in [0.25, 0.3) is 0 Å². The molecule has 0 N–H and O–H groups in total. The third-order valence-corrected chi connectivity index (χ3v) is 3.42. The van der Waals surface area contributed by atoms with Crippen molar-refractivity contribution in [1.82, 2.24) is 9.97 Å². The number of hydrogen-bond donors (Lipinski definition) is 0. The van der Waals surface area contributed by atoms with Crippen LogP contribution in [0, 0.1) is 6.92 Å². The Labute approximate surface area is 115 Å². The number of rotatable bonds is 5. The predicted molar refractivity (Wildman–Crippen MR) is 79.4 cm³/mol. The van der Waals surface area contributed by atoms with E-state index in [4.69, 9.17) is 0 Å². The van der Waals surface area contributed by atoms with Gasteiger partial charge in [0.15, 0.2) is 0 Å². The lowest BCUT2D eigenvalue weighted by Crippen LogP contribution is -2.34. The molecule has 0 radical (unpaired) electrons. The summed E-state index contributed by atoms with van der Waals surface area (Å²) < 4.78 is 0. The molecule has 0 aliphatic carbocycles. The summed E-state index contributed by atoms with van der Waals surface area (Å²) in [5.41, 5.74) is 2.45. The highest BCUT2D eigenvalue weighted by molar-refractivity contribution is 5.31. The minimum atomic E-state index is 0.421. The van der Waals surface area contributed by atoms with Gasteiger partial charge in [-0.3, -0.25) is 0 Å². The van der Waals surface area contributed by atoms with Crippen LogP contribution in [0.5, 0.6) is 0 Å². The van der Waals surface area contributed by atoms with Gasteiger partial charge in [0.1, 0.15) is 0 Å². The predicted octanol–water partition coefficient (Wildman–Crippen LogP) is 3.24. The van der Waals surface area contributed by atoms with Crippen LogP contribution in [0.2, 0.25) is 0 Å².